The zero-order valence-electron chi connectivity index (χ0n) is 16.4. The lowest BCUT2D eigenvalue weighted by Gasteiger charge is -2.19. The fourth-order valence-electron chi connectivity index (χ4n) is 3.02. The van der Waals surface area contributed by atoms with Crippen LogP contribution in [0, 0.1) is 6.92 Å². The molecule has 1 saturated heterocycles. The van der Waals surface area contributed by atoms with Crippen molar-refractivity contribution >= 4 is 11.9 Å². The molecule has 1 aliphatic rings. The highest BCUT2D eigenvalue weighted by Crippen LogP contribution is 2.14. The Balaban J connectivity index is 1.86. The number of benzene rings is 1. The average molecular weight is 361 g/mol. The van der Waals surface area contributed by atoms with E-state index in [4.69, 9.17) is 4.74 Å². The number of aliphatic imine (C=N–C) groups is 1. The number of nitrogens with zero attached hydrogens (tertiary/aromatic N) is 2. The second-order valence-electron chi connectivity index (χ2n) is 6.79. The molecule has 1 aromatic rings. The largest absolute Gasteiger partial charge is 0.489 e. The van der Waals surface area contributed by atoms with Gasteiger partial charge in [0.1, 0.15) is 11.9 Å². The van der Waals surface area contributed by atoms with Crippen molar-refractivity contribution in [3.8, 4) is 5.75 Å². The molecule has 0 spiro atoms. The van der Waals surface area contributed by atoms with E-state index in [-0.39, 0.29) is 18.1 Å². The van der Waals surface area contributed by atoms with E-state index in [1.54, 1.807) is 0 Å². The van der Waals surface area contributed by atoms with Crippen molar-refractivity contribution in [2.45, 2.75) is 52.7 Å². The lowest BCUT2D eigenvalue weighted by molar-refractivity contribution is -0.129. The summed E-state index contributed by atoms with van der Waals surface area (Å²) in [7, 11) is 0. The number of hydrogen-bond acceptors (Lipinski definition) is 3. The zero-order chi connectivity index (χ0) is 18.9. The second kappa shape index (κ2) is 10.0. The third-order valence-electron chi connectivity index (χ3n) is 4.36. The monoisotopic (exact) mass is 360 g/mol. The number of rotatable bonds is 7. The molecule has 6 heteroatoms. The standard InChI is InChI=1S/C20H32N4O2/c1-5-19(25)24-11-10-17(14-24)23-20(21-6-2)22-13-16(4)26-18-9-7-8-15(3)12-18/h7-9,12,16-17H,5-6,10-11,13-14H2,1-4H3,(H2,21,22,23). The van der Waals surface area contributed by atoms with Crippen LogP contribution in [0.25, 0.3) is 0 Å². The first-order chi connectivity index (χ1) is 12.5. The number of guanidine groups is 1. The summed E-state index contributed by atoms with van der Waals surface area (Å²) < 4.78 is 5.94. The minimum Gasteiger partial charge on any atom is -0.489 e. The summed E-state index contributed by atoms with van der Waals surface area (Å²) in [6.45, 7) is 10.9. The highest BCUT2D eigenvalue weighted by atomic mass is 16.5. The van der Waals surface area contributed by atoms with Crippen molar-refractivity contribution in [2.75, 3.05) is 26.2 Å². The van der Waals surface area contributed by atoms with Crippen LogP contribution in [-0.2, 0) is 4.79 Å². The Hall–Kier alpha value is -2.24. The maximum absolute atomic E-state index is 11.8. The molecule has 26 heavy (non-hydrogen) atoms. The van der Waals surface area contributed by atoms with Gasteiger partial charge in [-0.3, -0.25) is 4.79 Å². The summed E-state index contributed by atoms with van der Waals surface area (Å²) in [4.78, 5) is 18.4. The van der Waals surface area contributed by atoms with Crippen molar-refractivity contribution < 1.29 is 9.53 Å². The number of likely N-dealkylation sites (tertiary alicyclic amines) is 1. The van der Waals surface area contributed by atoms with Gasteiger partial charge in [0.2, 0.25) is 5.91 Å². The third kappa shape index (κ3) is 6.24. The lowest BCUT2D eigenvalue weighted by atomic mass is 10.2. The van der Waals surface area contributed by atoms with Crippen molar-refractivity contribution in [3.63, 3.8) is 0 Å². The highest BCUT2D eigenvalue weighted by Gasteiger charge is 2.25. The van der Waals surface area contributed by atoms with Crippen LogP contribution in [0.15, 0.2) is 29.3 Å². The minimum absolute atomic E-state index is 0.0194. The summed E-state index contributed by atoms with van der Waals surface area (Å²) in [5, 5.41) is 6.72. The Kier molecular flexibility index (Phi) is 7.75. The van der Waals surface area contributed by atoms with Gasteiger partial charge in [-0.05, 0) is 44.9 Å². The predicted octanol–water partition coefficient (Wildman–Crippen LogP) is 2.33. The molecule has 0 saturated carbocycles. The predicted molar refractivity (Wildman–Crippen MR) is 106 cm³/mol. The molecule has 2 atom stereocenters. The fourth-order valence-corrected chi connectivity index (χ4v) is 3.02. The molecule has 1 amide bonds. The summed E-state index contributed by atoms with van der Waals surface area (Å²) in [6, 6.07) is 8.29. The first kappa shape index (κ1) is 20.1. The quantitative estimate of drug-likeness (QED) is 0.579. The molecule has 1 fully saturated rings. The molecule has 2 N–H and O–H groups in total. The Bertz CT molecular complexity index is 618. The van der Waals surface area contributed by atoms with Crippen LogP contribution in [0.2, 0.25) is 0 Å². The number of carbonyl (C=O) groups is 1. The van der Waals surface area contributed by atoms with Crippen molar-refractivity contribution in [2.24, 2.45) is 4.99 Å². The van der Waals surface area contributed by atoms with Crippen LogP contribution in [0.4, 0.5) is 0 Å². The van der Waals surface area contributed by atoms with E-state index < -0.39 is 0 Å². The van der Waals surface area contributed by atoms with Gasteiger partial charge in [-0.2, -0.15) is 0 Å². The summed E-state index contributed by atoms with van der Waals surface area (Å²) in [6.07, 6.45) is 1.49. The van der Waals surface area contributed by atoms with Crippen LogP contribution >= 0.6 is 0 Å². The van der Waals surface area contributed by atoms with Crippen LogP contribution in [0.5, 0.6) is 5.75 Å². The van der Waals surface area contributed by atoms with Gasteiger partial charge in [0.15, 0.2) is 5.96 Å². The zero-order valence-corrected chi connectivity index (χ0v) is 16.4. The molecular formula is C20H32N4O2. The molecule has 1 aromatic carbocycles. The molecule has 0 radical (unpaired) electrons. The van der Waals surface area contributed by atoms with E-state index in [1.807, 2.05) is 43.9 Å². The van der Waals surface area contributed by atoms with Gasteiger partial charge in [-0.1, -0.05) is 19.1 Å². The summed E-state index contributed by atoms with van der Waals surface area (Å²) in [5.74, 6) is 1.87. The molecule has 1 heterocycles. The number of aryl methyl sites for hydroxylation is 1. The van der Waals surface area contributed by atoms with E-state index in [2.05, 4.69) is 28.6 Å². The van der Waals surface area contributed by atoms with Crippen LogP contribution in [0.3, 0.4) is 0 Å². The third-order valence-corrected chi connectivity index (χ3v) is 4.36. The van der Waals surface area contributed by atoms with Crippen molar-refractivity contribution in [1.82, 2.24) is 15.5 Å². The Morgan fingerprint density at radius 2 is 2.23 bits per heavy atom. The molecule has 0 aromatic heterocycles. The minimum atomic E-state index is -0.0194. The lowest BCUT2D eigenvalue weighted by Crippen LogP contribution is -2.45. The Labute approximate surface area is 157 Å². The van der Waals surface area contributed by atoms with E-state index in [1.165, 1.54) is 5.56 Å². The van der Waals surface area contributed by atoms with Crippen LogP contribution < -0.4 is 15.4 Å². The topological polar surface area (TPSA) is 66.0 Å². The highest BCUT2D eigenvalue weighted by molar-refractivity contribution is 5.80. The number of carbonyl (C=O) groups excluding carboxylic acids is 1. The number of nitrogens with one attached hydrogen (secondary N) is 2. The normalized spacial score (nSPS) is 18.5. The number of hydrogen-bond donors (Lipinski definition) is 2. The SMILES string of the molecule is CCNC(=NCC(C)Oc1cccc(C)c1)NC1CCN(C(=O)CC)C1. The molecule has 0 bridgehead atoms. The molecule has 1 aliphatic heterocycles. The first-order valence-electron chi connectivity index (χ1n) is 9.57. The molecule has 2 rings (SSSR count). The van der Waals surface area contributed by atoms with Gasteiger partial charge < -0.3 is 20.3 Å². The van der Waals surface area contributed by atoms with Crippen molar-refractivity contribution in [3.05, 3.63) is 29.8 Å². The average Bonchev–Trinajstić information content (AvgIpc) is 3.08. The molecule has 2 unspecified atom stereocenters. The molecule has 144 valence electrons. The van der Waals surface area contributed by atoms with Crippen LogP contribution in [0.1, 0.15) is 39.2 Å². The van der Waals surface area contributed by atoms with Crippen LogP contribution in [-0.4, -0.2) is 55.1 Å². The van der Waals surface area contributed by atoms with Gasteiger partial charge in [0.05, 0.1) is 6.54 Å². The first-order valence-corrected chi connectivity index (χ1v) is 9.57. The molecule has 0 aliphatic carbocycles. The van der Waals surface area contributed by atoms with E-state index in [0.717, 1.165) is 37.8 Å². The summed E-state index contributed by atoms with van der Waals surface area (Å²) in [5.41, 5.74) is 1.18. The summed E-state index contributed by atoms with van der Waals surface area (Å²) >= 11 is 0. The Morgan fingerprint density at radius 3 is 2.92 bits per heavy atom. The van der Waals surface area contributed by atoms with E-state index in [0.29, 0.717) is 13.0 Å². The molecule has 6 nitrogen and oxygen atoms in total. The maximum Gasteiger partial charge on any atom is 0.222 e. The Morgan fingerprint density at radius 1 is 1.42 bits per heavy atom. The van der Waals surface area contributed by atoms with E-state index >= 15 is 0 Å². The smallest absolute Gasteiger partial charge is 0.222 e. The fraction of sp³-hybridized carbons (Fsp3) is 0.600. The van der Waals surface area contributed by atoms with Gasteiger partial charge in [0.25, 0.3) is 0 Å². The van der Waals surface area contributed by atoms with Crippen molar-refractivity contribution in [1.29, 1.82) is 0 Å². The molecular weight excluding hydrogens is 328 g/mol. The number of ether oxygens (including phenoxy) is 1. The number of amides is 1. The van der Waals surface area contributed by atoms with Gasteiger partial charge in [0, 0.05) is 32.1 Å². The van der Waals surface area contributed by atoms with Gasteiger partial charge in [-0.15, -0.1) is 0 Å². The maximum atomic E-state index is 11.8. The second-order valence-corrected chi connectivity index (χ2v) is 6.79. The van der Waals surface area contributed by atoms with Gasteiger partial charge in [-0.25, -0.2) is 4.99 Å². The van der Waals surface area contributed by atoms with E-state index in [9.17, 15) is 4.79 Å². The van der Waals surface area contributed by atoms with Gasteiger partial charge >= 0.3 is 0 Å².